The summed E-state index contributed by atoms with van der Waals surface area (Å²) in [4.78, 5) is 0. The van der Waals surface area contributed by atoms with Crippen LogP contribution < -0.4 is 0 Å². The molecule has 1 aliphatic heterocycles. The van der Waals surface area contributed by atoms with E-state index in [4.69, 9.17) is 14.0 Å². The first-order valence-corrected chi connectivity index (χ1v) is 12.2. The van der Waals surface area contributed by atoms with Gasteiger partial charge in [0.25, 0.3) is 0 Å². The van der Waals surface area contributed by atoms with Crippen molar-refractivity contribution >= 4 is 0 Å². The third kappa shape index (κ3) is 4.47. The Morgan fingerprint density at radius 1 is 1.21 bits per heavy atom. The predicted octanol–water partition coefficient (Wildman–Crippen LogP) is 2.61. The van der Waals surface area contributed by atoms with Gasteiger partial charge in [-0.1, -0.05) is 23.2 Å². The van der Waals surface area contributed by atoms with Gasteiger partial charge in [-0.2, -0.15) is 5.26 Å². The molecule has 0 spiro atoms. The van der Waals surface area contributed by atoms with Crippen LogP contribution in [0.1, 0.15) is 43.2 Å². The van der Waals surface area contributed by atoms with Gasteiger partial charge >= 0.3 is 0 Å². The molecule has 2 aromatic heterocycles. The van der Waals surface area contributed by atoms with Crippen LogP contribution in [0, 0.1) is 28.8 Å². The lowest BCUT2D eigenvalue weighted by Crippen LogP contribution is -2.57. The van der Waals surface area contributed by atoms with Crippen LogP contribution in [-0.4, -0.2) is 68.5 Å². The first-order chi connectivity index (χ1) is 18.3. The Balaban J connectivity index is 1.43. The number of aromatic nitrogens is 4. The molecule has 3 aromatic rings. The molecule has 2 N–H and O–H groups in total. The molecule has 202 valence electrons. The highest BCUT2D eigenvalue weighted by Crippen LogP contribution is 2.41. The highest BCUT2D eigenvalue weighted by atomic mass is 19.2. The Hall–Kier alpha value is -3.31. The van der Waals surface area contributed by atoms with Crippen molar-refractivity contribution in [2.24, 2.45) is 0 Å². The zero-order valence-corrected chi connectivity index (χ0v) is 20.4. The highest BCUT2D eigenvalue weighted by molar-refractivity contribution is 5.58. The van der Waals surface area contributed by atoms with Gasteiger partial charge in [0.2, 0.25) is 0 Å². The van der Waals surface area contributed by atoms with Crippen LogP contribution in [0.25, 0.3) is 11.3 Å². The van der Waals surface area contributed by atoms with Crippen molar-refractivity contribution in [2.45, 2.75) is 68.0 Å². The Bertz CT molecular complexity index is 1340. The van der Waals surface area contributed by atoms with E-state index in [0.717, 1.165) is 25.0 Å². The van der Waals surface area contributed by atoms with Crippen LogP contribution in [-0.2, 0) is 21.3 Å². The average Bonchev–Trinajstić information content (AvgIpc) is 3.69. The maximum atomic E-state index is 14.4. The summed E-state index contributed by atoms with van der Waals surface area (Å²) in [7, 11) is 1.40. The van der Waals surface area contributed by atoms with E-state index in [0.29, 0.717) is 24.3 Å². The van der Waals surface area contributed by atoms with Crippen molar-refractivity contribution < 1.29 is 37.4 Å². The summed E-state index contributed by atoms with van der Waals surface area (Å²) in [5.41, 5.74) is -0.533. The molecule has 2 aliphatic rings. The van der Waals surface area contributed by atoms with E-state index in [1.54, 1.807) is 6.07 Å². The molecule has 10 nitrogen and oxygen atoms in total. The minimum absolute atomic E-state index is 0.0923. The van der Waals surface area contributed by atoms with Gasteiger partial charge < -0.3 is 24.2 Å². The van der Waals surface area contributed by atoms with Crippen molar-refractivity contribution in [3.63, 3.8) is 0 Å². The zero-order valence-electron chi connectivity index (χ0n) is 20.4. The number of ether oxygens (including phenoxy) is 2. The molecule has 13 heteroatoms. The van der Waals surface area contributed by atoms with E-state index in [2.05, 4.69) is 21.5 Å². The number of hydrogen-bond acceptors (Lipinski definition) is 9. The van der Waals surface area contributed by atoms with E-state index >= 15 is 0 Å². The second-order valence-corrected chi connectivity index (χ2v) is 9.67. The maximum Gasteiger partial charge on any atom is 0.195 e. The molecular formula is C25H26F3N5O5. The van der Waals surface area contributed by atoms with Crippen LogP contribution >= 0.6 is 0 Å². The summed E-state index contributed by atoms with van der Waals surface area (Å²) in [6.45, 7) is -0.525. The van der Waals surface area contributed by atoms with Crippen LogP contribution in [0.5, 0.6) is 0 Å². The van der Waals surface area contributed by atoms with Gasteiger partial charge in [0.15, 0.2) is 17.5 Å². The number of nitriles is 1. The molecule has 0 bridgehead atoms. The van der Waals surface area contributed by atoms with Crippen LogP contribution in [0.2, 0.25) is 0 Å². The number of aliphatic hydroxyl groups excluding tert-OH is 2. The minimum Gasteiger partial charge on any atom is -0.394 e. The lowest BCUT2D eigenvalue weighted by Gasteiger charge is -2.43. The van der Waals surface area contributed by atoms with Crippen molar-refractivity contribution in [3.8, 4) is 17.3 Å². The Morgan fingerprint density at radius 2 is 1.97 bits per heavy atom. The Kier molecular flexibility index (Phi) is 7.23. The summed E-state index contributed by atoms with van der Waals surface area (Å²) in [5.74, 6) is -3.96. The monoisotopic (exact) mass is 533 g/mol. The van der Waals surface area contributed by atoms with E-state index in [9.17, 15) is 28.6 Å². The normalized spacial score (nSPS) is 26.9. The molecule has 38 heavy (non-hydrogen) atoms. The lowest BCUT2D eigenvalue weighted by molar-refractivity contribution is -0.212. The number of halogens is 3. The molecular weight excluding hydrogens is 507 g/mol. The minimum atomic E-state index is -1.64. The summed E-state index contributed by atoms with van der Waals surface area (Å²) in [6.07, 6.45) is 0.736. The molecule has 0 unspecified atom stereocenters. The summed E-state index contributed by atoms with van der Waals surface area (Å²) in [5, 5.41) is 42.6. The van der Waals surface area contributed by atoms with E-state index in [1.807, 2.05) is 0 Å². The topological polar surface area (TPSA) is 139 Å². The van der Waals surface area contributed by atoms with E-state index in [1.165, 1.54) is 18.0 Å². The Morgan fingerprint density at radius 3 is 2.66 bits per heavy atom. The van der Waals surface area contributed by atoms with Gasteiger partial charge in [-0.25, -0.2) is 17.9 Å². The predicted molar refractivity (Wildman–Crippen MR) is 123 cm³/mol. The summed E-state index contributed by atoms with van der Waals surface area (Å²) >= 11 is 0. The quantitative estimate of drug-likeness (QED) is 0.439. The lowest BCUT2D eigenvalue weighted by atomic mass is 9.84. The fraction of sp³-hybridized carbons (Fsp3) is 0.520. The second-order valence-electron chi connectivity index (χ2n) is 9.67. The van der Waals surface area contributed by atoms with E-state index in [-0.39, 0.29) is 17.7 Å². The van der Waals surface area contributed by atoms with Gasteiger partial charge in [0, 0.05) is 25.2 Å². The van der Waals surface area contributed by atoms with Gasteiger partial charge in [0.1, 0.15) is 46.9 Å². The molecule has 1 aliphatic carbocycles. The van der Waals surface area contributed by atoms with Gasteiger partial charge in [-0.05, 0) is 25.0 Å². The third-order valence-electron chi connectivity index (χ3n) is 7.49. The molecule has 0 radical (unpaired) electrons. The van der Waals surface area contributed by atoms with Crippen molar-refractivity contribution in [3.05, 3.63) is 53.3 Å². The summed E-state index contributed by atoms with van der Waals surface area (Å²) in [6, 6.07) is 4.96. The van der Waals surface area contributed by atoms with Gasteiger partial charge in [-0.3, -0.25) is 0 Å². The smallest absolute Gasteiger partial charge is 0.195 e. The summed E-state index contributed by atoms with van der Waals surface area (Å²) < 4.78 is 59.9. The molecule has 5 rings (SSSR count). The van der Waals surface area contributed by atoms with Crippen molar-refractivity contribution in [2.75, 3.05) is 13.7 Å². The largest absolute Gasteiger partial charge is 0.394 e. The molecule has 2 fully saturated rings. The number of aliphatic hydroxyl groups is 2. The molecule has 1 saturated carbocycles. The third-order valence-corrected chi connectivity index (χ3v) is 7.49. The fourth-order valence-electron chi connectivity index (χ4n) is 5.44. The average molecular weight is 534 g/mol. The highest BCUT2D eigenvalue weighted by Gasteiger charge is 2.48. The van der Waals surface area contributed by atoms with Gasteiger partial charge in [0.05, 0.1) is 25.0 Å². The molecule has 1 saturated heterocycles. The number of methoxy groups -OCH3 is 1. The molecule has 3 heterocycles. The maximum absolute atomic E-state index is 14.4. The first kappa shape index (κ1) is 26.3. The second kappa shape index (κ2) is 10.5. The zero-order chi connectivity index (χ0) is 27.0. The van der Waals surface area contributed by atoms with Gasteiger partial charge in [-0.15, -0.1) is 5.10 Å². The molecule has 1 aromatic carbocycles. The van der Waals surface area contributed by atoms with Crippen molar-refractivity contribution in [1.82, 2.24) is 20.2 Å². The molecule has 5 atom stereocenters. The number of hydrogen-bond donors (Lipinski definition) is 2. The van der Waals surface area contributed by atoms with Crippen molar-refractivity contribution in [1.29, 1.82) is 5.26 Å². The number of nitrogens with zero attached hydrogens (tertiary/aromatic N) is 5. The van der Waals surface area contributed by atoms with E-state index < -0.39 is 59.9 Å². The van der Waals surface area contributed by atoms with Crippen LogP contribution in [0.3, 0.4) is 0 Å². The van der Waals surface area contributed by atoms with Crippen LogP contribution in [0.15, 0.2) is 28.9 Å². The number of rotatable bonds is 7. The van der Waals surface area contributed by atoms with Crippen LogP contribution in [0.4, 0.5) is 13.2 Å². The standard InChI is InChI=1S/C25H26F3N5O5/c1-36-24-17(8-13-9-19(31-38-13)25(12-29)6-2-3-7-25)37-18(11-34)23(35)22(24)33-10-16(30-32-33)14-4-5-15(26)21(28)20(14)27/h4-5,9-10,17-18,22-24,34-35H,2-3,6-8,11H2,1H3/t17-,18-,22+,23+,24+/m1/s1. The Labute approximate surface area is 215 Å². The first-order valence-electron chi connectivity index (χ1n) is 12.2. The fourth-order valence-corrected chi connectivity index (χ4v) is 5.44. The SMILES string of the molecule is CO[C@@H]1[C@@H](n2cc(-c3ccc(F)c(F)c3F)nn2)[C@@H](O)[C@@H](CO)O[C@@H]1Cc1cc(C2(C#N)CCCC2)no1. The number of benzene rings is 1. The molecule has 0 amide bonds.